The van der Waals surface area contributed by atoms with Crippen molar-refractivity contribution in [1.82, 2.24) is 5.32 Å². The van der Waals surface area contributed by atoms with E-state index < -0.39 is 6.04 Å². The minimum absolute atomic E-state index is 0. The second-order valence-corrected chi connectivity index (χ2v) is 6.00. The predicted molar refractivity (Wildman–Crippen MR) is 80.4 cm³/mol. The molecule has 3 atom stereocenters. The van der Waals surface area contributed by atoms with Gasteiger partial charge >= 0.3 is 0 Å². The number of nitrogens with one attached hydrogen (secondary N) is 1. The highest BCUT2D eigenvalue weighted by molar-refractivity contribution is 5.85. The maximum absolute atomic E-state index is 11.8. The SMILES string of the molecule is CC(C)C1OCCCC1CNC(=O)[C@@H](N)C(C)C.Cl. The third kappa shape index (κ3) is 5.67. The maximum atomic E-state index is 11.8. The molecule has 0 spiro atoms. The van der Waals surface area contributed by atoms with Crippen molar-refractivity contribution in [1.29, 1.82) is 0 Å². The number of nitrogens with two attached hydrogens (primary N) is 1. The van der Waals surface area contributed by atoms with Gasteiger partial charge in [-0.15, -0.1) is 12.4 Å². The van der Waals surface area contributed by atoms with Crippen LogP contribution in [-0.2, 0) is 9.53 Å². The van der Waals surface area contributed by atoms with E-state index in [4.69, 9.17) is 10.5 Å². The van der Waals surface area contributed by atoms with Gasteiger partial charge in [0.25, 0.3) is 0 Å². The van der Waals surface area contributed by atoms with Gasteiger partial charge in [0.1, 0.15) is 0 Å². The zero-order valence-corrected chi connectivity index (χ0v) is 13.3. The van der Waals surface area contributed by atoms with Crippen LogP contribution in [0.15, 0.2) is 0 Å². The molecule has 1 fully saturated rings. The van der Waals surface area contributed by atoms with Gasteiger partial charge in [-0.3, -0.25) is 4.79 Å². The number of ether oxygens (including phenoxy) is 1. The summed E-state index contributed by atoms with van der Waals surface area (Å²) >= 11 is 0. The predicted octanol–water partition coefficient (Wildman–Crippen LogP) is 1.96. The first-order valence-electron chi connectivity index (χ1n) is 7.08. The minimum Gasteiger partial charge on any atom is -0.378 e. The average molecular weight is 293 g/mol. The van der Waals surface area contributed by atoms with Crippen LogP contribution in [0.25, 0.3) is 0 Å². The van der Waals surface area contributed by atoms with Crippen LogP contribution in [0.3, 0.4) is 0 Å². The van der Waals surface area contributed by atoms with Gasteiger partial charge in [0.2, 0.25) is 5.91 Å². The van der Waals surface area contributed by atoms with Gasteiger partial charge in [-0.2, -0.15) is 0 Å². The topological polar surface area (TPSA) is 64.3 Å². The molecule has 1 rings (SSSR count). The van der Waals surface area contributed by atoms with E-state index in [1.54, 1.807) is 0 Å². The first-order chi connectivity index (χ1) is 8.43. The van der Waals surface area contributed by atoms with Crippen molar-refractivity contribution < 1.29 is 9.53 Å². The van der Waals surface area contributed by atoms with Gasteiger partial charge in [-0.1, -0.05) is 27.7 Å². The second kappa shape index (κ2) is 8.77. The summed E-state index contributed by atoms with van der Waals surface area (Å²) in [6.45, 7) is 9.80. The largest absolute Gasteiger partial charge is 0.378 e. The van der Waals surface area contributed by atoms with E-state index in [2.05, 4.69) is 19.2 Å². The summed E-state index contributed by atoms with van der Waals surface area (Å²) in [5.74, 6) is 1.04. The maximum Gasteiger partial charge on any atom is 0.237 e. The fourth-order valence-corrected chi connectivity index (χ4v) is 2.47. The summed E-state index contributed by atoms with van der Waals surface area (Å²) < 4.78 is 5.81. The number of carbonyl (C=O) groups is 1. The Hall–Kier alpha value is -0.320. The highest BCUT2D eigenvalue weighted by Gasteiger charge is 2.29. The summed E-state index contributed by atoms with van der Waals surface area (Å²) in [4.78, 5) is 11.8. The Labute approximate surface area is 123 Å². The number of amides is 1. The number of carbonyl (C=O) groups excluding carboxylic acids is 1. The standard InChI is InChI=1S/C14H28N2O2.ClH/c1-9(2)12(15)14(17)16-8-11-6-5-7-18-13(11)10(3)4;/h9-13H,5-8,15H2,1-4H3,(H,16,17);1H/t11?,12-,13?;/m0./s1. The molecule has 4 nitrogen and oxygen atoms in total. The van der Waals surface area contributed by atoms with Crippen molar-refractivity contribution in [3.63, 3.8) is 0 Å². The molecule has 0 aliphatic carbocycles. The molecule has 1 aliphatic heterocycles. The molecule has 0 saturated carbocycles. The van der Waals surface area contributed by atoms with Crippen molar-refractivity contribution in [3.8, 4) is 0 Å². The molecule has 1 heterocycles. The fraction of sp³-hybridized carbons (Fsp3) is 0.929. The molecule has 0 radical (unpaired) electrons. The van der Waals surface area contributed by atoms with Crippen LogP contribution in [0.4, 0.5) is 0 Å². The van der Waals surface area contributed by atoms with Gasteiger partial charge < -0.3 is 15.8 Å². The first kappa shape index (κ1) is 18.7. The zero-order chi connectivity index (χ0) is 13.7. The summed E-state index contributed by atoms with van der Waals surface area (Å²) in [6, 6.07) is -0.410. The highest BCUT2D eigenvalue weighted by atomic mass is 35.5. The summed E-state index contributed by atoms with van der Waals surface area (Å²) in [6.07, 6.45) is 2.47. The lowest BCUT2D eigenvalue weighted by Crippen LogP contribution is -2.48. The molecular formula is C14H29ClN2O2. The lowest BCUT2D eigenvalue weighted by molar-refractivity contribution is -0.124. The Morgan fingerprint density at radius 3 is 2.53 bits per heavy atom. The minimum atomic E-state index is -0.410. The number of hydrogen-bond acceptors (Lipinski definition) is 3. The van der Waals surface area contributed by atoms with Crippen LogP contribution in [-0.4, -0.2) is 31.2 Å². The van der Waals surface area contributed by atoms with Gasteiger partial charge in [0.05, 0.1) is 12.1 Å². The van der Waals surface area contributed by atoms with Crippen molar-refractivity contribution in [3.05, 3.63) is 0 Å². The molecule has 1 saturated heterocycles. The number of hydrogen-bond donors (Lipinski definition) is 2. The Kier molecular flexibility index (Phi) is 8.62. The van der Waals surface area contributed by atoms with Crippen LogP contribution >= 0.6 is 12.4 Å². The summed E-state index contributed by atoms with van der Waals surface area (Å²) in [5.41, 5.74) is 5.83. The molecule has 0 aromatic carbocycles. The van der Waals surface area contributed by atoms with Gasteiger partial charge in [0.15, 0.2) is 0 Å². The molecular weight excluding hydrogens is 264 g/mol. The van der Waals surface area contributed by atoms with E-state index >= 15 is 0 Å². The second-order valence-electron chi connectivity index (χ2n) is 6.00. The lowest BCUT2D eigenvalue weighted by atomic mass is 9.87. The molecule has 0 aromatic rings. The Balaban J connectivity index is 0.00000324. The molecule has 2 unspecified atom stereocenters. The number of halogens is 1. The normalized spacial score (nSPS) is 25.0. The summed E-state index contributed by atoms with van der Waals surface area (Å²) in [7, 11) is 0. The van der Waals surface area contributed by atoms with Crippen molar-refractivity contribution >= 4 is 18.3 Å². The molecule has 0 aromatic heterocycles. The molecule has 1 amide bonds. The molecule has 3 N–H and O–H groups in total. The van der Waals surface area contributed by atoms with Crippen LogP contribution in [0.2, 0.25) is 0 Å². The molecule has 5 heteroatoms. The lowest BCUT2D eigenvalue weighted by Gasteiger charge is -2.34. The average Bonchev–Trinajstić information content (AvgIpc) is 2.35. The Morgan fingerprint density at radius 1 is 1.37 bits per heavy atom. The quantitative estimate of drug-likeness (QED) is 0.814. The van der Waals surface area contributed by atoms with Crippen LogP contribution in [0.1, 0.15) is 40.5 Å². The Morgan fingerprint density at radius 2 is 2.00 bits per heavy atom. The Bertz CT molecular complexity index is 272. The first-order valence-corrected chi connectivity index (χ1v) is 7.08. The van der Waals surface area contributed by atoms with E-state index in [1.165, 1.54) is 0 Å². The molecule has 19 heavy (non-hydrogen) atoms. The molecule has 0 bridgehead atoms. The smallest absolute Gasteiger partial charge is 0.237 e. The molecule has 114 valence electrons. The van der Waals surface area contributed by atoms with Crippen molar-refractivity contribution in [2.45, 2.75) is 52.7 Å². The monoisotopic (exact) mass is 292 g/mol. The van der Waals surface area contributed by atoms with Gasteiger partial charge in [-0.05, 0) is 24.7 Å². The van der Waals surface area contributed by atoms with Crippen LogP contribution < -0.4 is 11.1 Å². The van der Waals surface area contributed by atoms with E-state index in [9.17, 15) is 4.79 Å². The molecule has 1 aliphatic rings. The van der Waals surface area contributed by atoms with E-state index in [0.717, 1.165) is 19.4 Å². The third-order valence-corrected chi connectivity index (χ3v) is 3.71. The van der Waals surface area contributed by atoms with Crippen molar-refractivity contribution in [2.24, 2.45) is 23.5 Å². The number of rotatable bonds is 5. The van der Waals surface area contributed by atoms with Gasteiger partial charge in [0, 0.05) is 19.1 Å². The fourth-order valence-electron chi connectivity index (χ4n) is 2.47. The van der Waals surface area contributed by atoms with E-state index in [1.807, 2.05) is 13.8 Å². The van der Waals surface area contributed by atoms with Crippen LogP contribution in [0, 0.1) is 17.8 Å². The van der Waals surface area contributed by atoms with E-state index in [-0.39, 0.29) is 30.3 Å². The van der Waals surface area contributed by atoms with Crippen molar-refractivity contribution in [2.75, 3.05) is 13.2 Å². The highest BCUT2D eigenvalue weighted by Crippen LogP contribution is 2.25. The van der Waals surface area contributed by atoms with E-state index in [0.29, 0.717) is 18.4 Å². The zero-order valence-electron chi connectivity index (χ0n) is 12.5. The third-order valence-electron chi connectivity index (χ3n) is 3.71. The van der Waals surface area contributed by atoms with Gasteiger partial charge in [-0.25, -0.2) is 0 Å². The van der Waals surface area contributed by atoms with Crippen LogP contribution in [0.5, 0.6) is 0 Å². The summed E-state index contributed by atoms with van der Waals surface area (Å²) in [5, 5.41) is 2.97.